The van der Waals surface area contributed by atoms with Crippen LogP contribution in [0.5, 0.6) is 0 Å². The van der Waals surface area contributed by atoms with E-state index >= 15 is 0 Å². The molecule has 2 aromatic rings. The largest absolute Gasteiger partial charge is 0.0622 e. The van der Waals surface area contributed by atoms with Gasteiger partial charge in [-0.2, -0.15) is 0 Å². The van der Waals surface area contributed by atoms with E-state index in [0.717, 1.165) is 6.42 Å². The van der Waals surface area contributed by atoms with Gasteiger partial charge in [-0.3, -0.25) is 0 Å². The second-order valence-electron chi connectivity index (χ2n) is 4.08. The van der Waals surface area contributed by atoms with Crippen molar-refractivity contribution in [1.82, 2.24) is 0 Å². The molecule has 0 aliphatic carbocycles. The Morgan fingerprint density at radius 1 is 0.733 bits per heavy atom. The molecule has 0 saturated carbocycles. The van der Waals surface area contributed by atoms with Gasteiger partial charge < -0.3 is 0 Å². The standard InChI is InChI=1S/C15H16/c1-12-8-9-15(10-13(12)2)11-14-6-4-3-5-7-14/h3-10H,11H2,1-2H3. The summed E-state index contributed by atoms with van der Waals surface area (Å²) in [7, 11) is 0. The molecule has 0 aromatic heterocycles. The van der Waals surface area contributed by atoms with Crippen LogP contribution < -0.4 is 0 Å². The van der Waals surface area contributed by atoms with E-state index in [4.69, 9.17) is 0 Å². The number of rotatable bonds is 2. The first-order valence-electron chi connectivity index (χ1n) is 5.36. The lowest BCUT2D eigenvalue weighted by atomic mass is 10.0. The van der Waals surface area contributed by atoms with Crippen LogP contribution in [0.15, 0.2) is 48.5 Å². The molecule has 0 fully saturated rings. The molecule has 0 bridgehead atoms. The van der Waals surface area contributed by atoms with Crippen LogP contribution in [0, 0.1) is 13.8 Å². The summed E-state index contributed by atoms with van der Waals surface area (Å²) in [5, 5.41) is 0. The van der Waals surface area contributed by atoms with Gasteiger partial charge in [0, 0.05) is 0 Å². The maximum absolute atomic E-state index is 2.28. The van der Waals surface area contributed by atoms with Crippen molar-refractivity contribution in [3.8, 4) is 0 Å². The number of hydrogen-bond donors (Lipinski definition) is 0. The van der Waals surface area contributed by atoms with E-state index < -0.39 is 0 Å². The van der Waals surface area contributed by atoms with E-state index in [-0.39, 0.29) is 0 Å². The Labute approximate surface area is 91.6 Å². The third-order valence-corrected chi connectivity index (χ3v) is 2.82. The number of aryl methyl sites for hydroxylation is 2. The van der Waals surface area contributed by atoms with E-state index in [9.17, 15) is 0 Å². The molecule has 0 atom stereocenters. The van der Waals surface area contributed by atoms with Gasteiger partial charge in [0.1, 0.15) is 0 Å². The molecule has 0 heteroatoms. The van der Waals surface area contributed by atoms with Gasteiger partial charge in [0.2, 0.25) is 0 Å². The normalized spacial score (nSPS) is 10.3. The van der Waals surface area contributed by atoms with Crippen LogP contribution in [0.1, 0.15) is 22.3 Å². The zero-order valence-electron chi connectivity index (χ0n) is 9.33. The van der Waals surface area contributed by atoms with Crippen molar-refractivity contribution in [2.75, 3.05) is 0 Å². The van der Waals surface area contributed by atoms with Crippen molar-refractivity contribution in [3.05, 3.63) is 70.8 Å². The molecular formula is C15H16. The second-order valence-corrected chi connectivity index (χ2v) is 4.08. The fraction of sp³-hybridized carbons (Fsp3) is 0.200. The van der Waals surface area contributed by atoms with Gasteiger partial charge >= 0.3 is 0 Å². The summed E-state index contributed by atoms with van der Waals surface area (Å²) in [5.74, 6) is 0. The van der Waals surface area contributed by atoms with E-state index in [2.05, 4.69) is 62.4 Å². The molecular weight excluding hydrogens is 180 g/mol. The van der Waals surface area contributed by atoms with Crippen molar-refractivity contribution in [1.29, 1.82) is 0 Å². The first-order chi connectivity index (χ1) is 7.25. The number of hydrogen-bond acceptors (Lipinski definition) is 0. The second kappa shape index (κ2) is 4.31. The third kappa shape index (κ3) is 2.47. The van der Waals surface area contributed by atoms with Crippen LogP contribution in [0.4, 0.5) is 0 Å². The minimum absolute atomic E-state index is 1.03. The summed E-state index contributed by atoms with van der Waals surface area (Å²) in [6.07, 6.45) is 1.03. The van der Waals surface area contributed by atoms with Crippen molar-refractivity contribution in [2.45, 2.75) is 20.3 Å². The van der Waals surface area contributed by atoms with Crippen LogP contribution in [-0.4, -0.2) is 0 Å². The highest BCUT2D eigenvalue weighted by molar-refractivity contribution is 5.33. The predicted molar refractivity (Wildman–Crippen MR) is 65.2 cm³/mol. The van der Waals surface area contributed by atoms with Gasteiger partial charge in [0.05, 0.1) is 0 Å². The maximum Gasteiger partial charge on any atom is -0.00257 e. The van der Waals surface area contributed by atoms with Gasteiger partial charge in [-0.15, -0.1) is 0 Å². The highest BCUT2D eigenvalue weighted by Crippen LogP contribution is 2.13. The fourth-order valence-electron chi connectivity index (χ4n) is 1.75. The van der Waals surface area contributed by atoms with E-state index in [1.807, 2.05) is 0 Å². The molecule has 0 radical (unpaired) electrons. The molecule has 0 heterocycles. The Bertz CT molecular complexity index is 441. The smallest absolute Gasteiger partial charge is 0.00257 e. The molecule has 0 spiro atoms. The summed E-state index contributed by atoms with van der Waals surface area (Å²) in [5.41, 5.74) is 5.51. The summed E-state index contributed by atoms with van der Waals surface area (Å²) in [6.45, 7) is 4.32. The lowest BCUT2D eigenvalue weighted by Crippen LogP contribution is -1.89. The van der Waals surface area contributed by atoms with E-state index in [0.29, 0.717) is 0 Å². The SMILES string of the molecule is Cc1ccc(Cc2ccccc2)cc1C. The minimum atomic E-state index is 1.03. The Morgan fingerprint density at radius 2 is 1.47 bits per heavy atom. The molecule has 2 rings (SSSR count). The molecule has 0 nitrogen and oxygen atoms in total. The molecule has 0 aliphatic heterocycles. The monoisotopic (exact) mass is 196 g/mol. The zero-order chi connectivity index (χ0) is 10.7. The fourth-order valence-corrected chi connectivity index (χ4v) is 1.75. The lowest BCUT2D eigenvalue weighted by Gasteiger charge is -2.05. The average molecular weight is 196 g/mol. The van der Waals surface area contributed by atoms with Crippen molar-refractivity contribution >= 4 is 0 Å². The summed E-state index contributed by atoms with van der Waals surface area (Å²) in [6, 6.07) is 17.3. The highest BCUT2D eigenvalue weighted by atomic mass is 14.0. The average Bonchev–Trinajstić information content (AvgIpc) is 2.25. The summed E-state index contributed by atoms with van der Waals surface area (Å²) in [4.78, 5) is 0. The lowest BCUT2D eigenvalue weighted by molar-refractivity contribution is 1.17. The van der Waals surface area contributed by atoms with Crippen LogP contribution in [0.25, 0.3) is 0 Å². The summed E-state index contributed by atoms with van der Waals surface area (Å²) >= 11 is 0. The molecule has 0 saturated heterocycles. The van der Waals surface area contributed by atoms with Gasteiger partial charge in [-0.05, 0) is 42.5 Å². The van der Waals surface area contributed by atoms with Crippen molar-refractivity contribution in [2.24, 2.45) is 0 Å². The molecule has 76 valence electrons. The maximum atomic E-state index is 2.28. The zero-order valence-corrected chi connectivity index (χ0v) is 9.33. The van der Waals surface area contributed by atoms with Gasteiger partial charge in [-0.1, -0.05) is 48.5 Å². The van der Waals surface area contributed by atoms with Gasteiger partial charge in [-0.25, -0.2) is 0 Å². The summed E-state index contributed by atoms with van der Waals surface area (Å²) < 4.78 is 0. The molecule has 0 aliphatic rings. The third-order valence-electron chi connectivity index (χ3n) is 2.82. The number of benzene rings is 2. The minimum Gasteiger partial charge on any atom is -0.0622 e. The van der Waals surface area contributed by atoms with Crippen LogP contribution in [0.2, 0.25) is 0 Å². The topological polar surface area (TPSA) is 0 Å². The van der Waals surface area contributed by atoms with Gasteiger partial charge in [0.15, 0.2) is 0 Å². The first-order valence-corrected chi connectivity index (χ1v) is 5.36. The Morgan fingerprint density at radius 3 is 2.13 bits per heavy atom. The highest BCUT2D eigenvalue weighted by Gasteiger charge is 1.97. The molecule has 0 amide bonds. The Kier molecular flexibility index (Phi) is 2.86. The van der Waals surface area contributed by atoms with Gasteiger partial charge in [0.25, 0.3) is 0 Å². The van der Waals surface area contributed by atoms with Crippen LogP contribution in [-0.2, 0) is 6.42 Å². The van der Waals surface area contributed by atoms with Crippen molar-refractivity contribution < 1.29 is 0 Å². The molecule has 0 unspecified atom stereocenters. The predicted octanol–water partition coefficient (Wildman–Crippen LogP) is 3.89. The Hall–Kier alpha value is -1.56. The van der Waals surface area contributed by atoms with E-state index in [1.165, 1.54) is 22.3 Å². The first kappa shape index (κ1) is 9.97. The Balaban J connectivity index is 2.22. The van der Waals surface area contributed by atoms with Crippen molar-refractivity contribution in [3.63, 3.8) is 0 Å². The van der Waals surface area contributed by atoms with Crippen LogP contribution >= 0.6 is 0 Å². The molecule has 2 aromatic carbocycles. The quantitative estimate of drug-likeness (QED) is 0.683. The molecule has 15 heavy (non-hydrogen) atoms. The van der Waals surface area contributed by atoms with Crippen LogP contribution in [0.3, 0.4) is 0 Å². The molecule has 0 N–H and O–H groups in total. The van der Waals surface area contributed by atoms with E-state index in [1.54, 1.807) is 0 Å².